The third-order valence-electron chi connectivity index (χ3n) is 6.11. The molecule has 1 saturated heterocycles. The number of nitrogens with zero attached hydrogens (tertiary/aromatic N) is 2. The van der Waals surface area contributed by atoms with E-state index in [0.717, 1.165) is 10.9 Å². The predicted octanol–water partition coefficient (Wildman–Crippen LogP) is 4.28. The summed E-state index contributed by atoms with van der Waals surface area (Å²) in [5.41, 5.74) is 3.21. The zero-order valence-corrected chi connectivity index (χ0v) is 20.2. The van der Waals surface area contributed by atoms with Crippen molar-refractivity contribution >= 4 is 27.7 Å². The largest absolute Gasteiger partial charge is 0.354 e. The molecule has 0 aromatic heterocycles. The Kier molecular flexibility index (Phi) is 8.27. The zero-order chi connectivity index (χ0) is 22.4. The summed E-state index contributed by atoms with van der Waals surface area (Å²) in [5, 5.41) is 3.15. The molecule has 0 unspecified atom stereocenters. The number of carbonyl (C=O) groups excluding carboxylic acids is 2. The van der Waals surface area contributed by atoms with Gasteiger partial charge in [-0.3, -0.25) is 9.59 Å². The first-order chi connectivity index (χ1) is 14.9. The number of likely N-dealkylation sites (tertiary alicyclic amines) is 1. The van der Waals surface area contributed by atoms with Gasteiger partial charge in [0.1, 0.15) is 0 Å². The molecule has 1 heterocycles. The van der Waals surface area contributed by atoms with E-state index >= 15 is 0 Å². The number of rotatable bonds is 7. The second kappa shape index (κ2) is 10.9. The first-order valence-electron chi connectivity index (χ1n) is 11.0. The van der Waals surface area contributed by atoms with Gasteiger partial charge in [0.15, 0.2) is 0 Å². The number of hydrogen-bond donors (Lipinski definition) is 1. The van der Waals surface area contributed by atoms with E-state index in [9.17, 15) is 9.59 Å². The van der Waals surface area contributed by atoms with Crippen LogP contribution in [0.4, 0.5) is 0 Å². The van der Waals surface area contributed by atoms with Crippen LogP contribution in [0.2, 0.25) is 0 Å². The number of aryl methyl sites for hydroxylation is 1. The minimum atomic E-state index is -0.0424. The minimum Gasteiger partial charge on any atom is -0.354 e. The molecule has 0 spiro atoms. The average Bonchev–Trinajstić information content (AvgIpc) is 2.79. The molecule has 1 aliphatic heterocycles. The number of nitrogens with one attached hydrogen (secondary N) is 1. The van der Waals surface area contributed by atoms with Crippen molar-refractivity contribution in [2.24, 2.45) is 5.92 Å². The first kappa shape index (κ1) is 23.5. The predicted molar refractivity (Wildman–Crippen MR) is 128 cm³/mol. The van der Waals surface area contributed by atoms with Gasteiger partial charge in [-0.25, -0.2) is 0 Å². The fraction of sp³-hybridized carbons (Fsp3) is 0.440. The fourth-order valence-electron chi connectivity index (χ4n) is 4.04. The molecule has 6 heteroatoms. The number of likely N-dealkylation sites (N-methyl/N-ethyl adjacent to an activating group) is 1. The SMILES string of the molecule is CCc1ccc([C@H](CNC(=O)C2CCN(C(=O)c3ccc(Br)cc3)CC2)N(C)C)cc1. The van der Waals surface area contributed by atoms with Crippen molar-refractivity contribution in [3.63, 3.8) is 0 Å². The van der Waals surface area contributed by atoms with Gasteiger partial charge in [-0.15, -0.1) is 0 Å². The topological polar surface area (TPSA) is 52.7 Å². The van der Waals surface area contributed by atoms with Crippen LogP contribution < -0.4 is 5.32 Å². The molecule has 0 bridgehead atoms. The van der Waals surface area contributed by atoms with E-state index in [1.165, 1.54) is 11.1 Å². The van der Waals surface area contributed by atoms with Crippen LogP contribution in [0.25, 0.3) is 0 Å². The van der Waals surface area contributed by atoms with E-state index in [2.05, 4.69) is 57.3 Å². The first-order valence-corrected chi connectivity index (χ1v) is 11.8. The van der Waals surface area contributed by atoms with Crippen LogP contribution in [0.15, 0.2) is 53.0 Å². The molecule has 3 rings (SSSR count). The van der Waals surface area contributed by atoms with Gasteiger partial charge >= 0.3 is 0 Å². The van der Waals surface area contributed by atoms with Gasteiger partial charge in [0.05, 0.1) is 6.04 Å². The van der Waals surface area contributed by atoms with Gasteiger partial charge in [0, 0.05) is 35.6 Å². The minimum absolute atomic E-state index is 0.0366. The molecule has 31 heavy (non-hydrogen) atoms. The number of carbonyl (C=O) groups is 2. The molecule has 0 aliphatic carbocycles. The fourth-order valence-corrected chi connectivity index (χ4v) is 4.30. The number of hydrogen-bond acceptors (Lipinski definition) is 3. The van der Waals surface area contributed by atoms with E-state index in [0.29, 0.717) is 38.0 Å². The Bertz CT molecular complexity index is 873. The second-order valence-electron chi connectivity index (χ2n) is 8.39. The third kappa shape index (κ3) is 6.17. The van der Waals surface area contributed by atoms with Crippen LogP contribution in [0, 0.1) is 5.92 Å². The molecular weight excluding hydrogens is 454 g/mol. The summed E-state index contributed by atoms with van der Waals surface area (Å²) in [4.78, 5) is 29.5. The smallest absolute Gasteiger partial charge is 0.253 e. The molecule has 1 atom stereocenters. The summed E-state index contributed by atoms with van der Waals surface area (Å²) in [6, 6.07) is 16.2. The van der Waals surface area contributed by atoms with E-state index in [4.69, 9.17) is 0 Å². The van der Waals surface area contributed by atoms with Crippen LogP contribution in [-0.2, 0) is 11.2 Å². The molecule has 1 fully saturated rings. The van der Waals surface area contributed by atoms with Crippen molar-refractivity contribution in [2.75, 3.05) is 33.7 Å². The molecule has 2 amide bonds. The van der Waals surface area contributed by atoms with Gasteiger partial charge < -0.3 is 15.1 Å². The van der Waals surface area contributed by atoms with E-state index in [-0.39, 0.29) is 23.8 Å². The van der Waals surface area contributed by atoms with Crippen LogP contribution in [-0.4, -0.2) is 55.3 Å². The molecule has 1 aliphatic rings. The van der Waals surface area contributed by atoms with Gasteiger partial charge in [-0.2, -0.15) is 0 Å². The lowest BCUT2D eigenvalue weighted by Crippen LogP contribution is -2.44. The number of amides is 2. The van der Waals surface area contributed by atoms with Gasteiger partial charge in [0.25, 0.3) is 5.91 Å². The van der Waals surface area contributed by atoms with Crippen LogP contribution in [0.1, 0.15) is 47.3 Å². The molecule has 0 saturated carbocycles. The van der Waals surface area contributed by atoms with E-state index in [1.54, 1.807) is 0 Å². The molecule has 2 aromatic carbocycles. The van der Waals surface area contributed by atoms with Crippen molar-refractivity contribution in [3.05, 3.63) is 69.7 Å². The van der Waals surface area contributed by atoms with Crippen LogP contribution >= 0.6 is 15.9 Å². The Hall–Kier alpha value is -2.18. The van der Waals surface area contributed by atoms with E-state index in [1.807, 2.05) is 43.3 Å². The van der Waals surface area contributed by atoms with Gasteiger partial charge in [-0.05, 0) is 68.8 Å². The molecule has 166 valence electrons. The zero-order valence-electron chi connectivity index (χ0n) is 18.6. The summed E-state index contributed by atoms with van der Waals surface area (Å²) in [5.74, 6) is 0.0848. The Morgan fingerprint density at radius 1 is 1.06 bits per heavy atom. The summed E-state index contributed by atoms with van der Waals surface area (Å²) in [6.45, 7) is 3.96. The van der Waals surface area contributed by atoms with Crippen molar-refractivity contribution in [1.29, 1.82) is 0 Å². The average molecular weight is 486 g/mol. The van der Waals surface area contributed by atoms with Crippen molar-refractivity contribution < 1.29 is 9.59 Å². The standard InChI is InChI=1S/C25H32BrN3O2/c1-4-18-5-7-19(8-6-18)23(28(2)3)17-27-24(30)20-13-15-29(16-14-20)25(31)21-9-11-22(26)12-10-21/h5-12,20,23H,4,13-17H2,1-3H3,(H,27,30)/t23-/m0/s1. The molecule has 5 nitrogen and oxygen atoms in total. The summed E-state index contributed by atoms with van der Waals surface area (Å²) in [6.07, 6.45) is 2.42. The maximum absolute atomic E-state index is 12.8. The summed E-state index contributed by atoms with van der Waals surface area (Å²) >= 11 is 3.40. The second-order valence-corrected chi connectivity index (χ2v) is 9.31. The number of piperidine rings is 1. The van der Waals surface area contributed by atoms with Crippen molar-refractivity contribution in [1.82, 2.24) is 15.1 Å². The van der Waals surface area contributed by atoms with Gasteiger partial charge in [0.2, 0.25) is 5.91 Å². The van der Waals surface area contributed by atoms with Gasteiger partial charge in [-0.1, -0.05) is 47.1 Å². The molecular formula is C25H32BrN3O2. The number of benzene rings is 2. The Morgan fingerprint density at radius 2 is 1.68 bits per heavy atom. The molecule has 1 N–H and O–H groups in total. The Morgan fingerprint density at radius 3 is 2.23 bits per heavy atom. The Balaban J connectivity index is 1.51. The maximum Gasteiger partial charge on any atom is 0.253 e. The highest BCUT2D eigenvalue weighted by Crippen LogP contribution is 2.22. The van der Waals surface area contributed by atoms with Crippen LogP contribution in [0.5, 0.6) is 0 Å². The third-order valence-corrected chi connectivity index (χ3v) is 6.64. The van der Waals surface area contributed by atoms with Crippen LogP contribution in [0.3, 0.4) is 0 Å². The molecule has 0 radical (unpaired) electrons. The highest BCUT2D eigenvalue weighted by Gasteiger charge is 2.28. The lowest BCUT2D eigenvalue weighted by molar-refractivity contribution is -0.126. The highest BCUT2D eigenvalue weighted by molar-refractivity contribution is 9.10. The number of halogens is 1. The van der Waals surface area contributed by atoms with Crippen molar-refractivity contribution in [3.8, 4) is 0 Å². The van der Waals surface area contributed by atoms with E-state index < -0.39 is 0 Å². The summed E-state index contributed by atoms with van der Waals surface area (Å²) in [7, 11) is 4.08. The summed E-state index contributed by atoms with van der Waals surface area (Å²) < 4.78 is 0.955. The maximum atomic E-state index is 12.8. The normalized spacial score (nSPS) is 15.7. The Labute approximate surface area is 193 Å². The lowest BCUT2D eigenvalue weighted by atomic mass is 9.95. The quantitative estimate of drug-likeness (QED) is 0.636. The van der Waals surface area contributed by atoms with Crippen molar-refractivity contribution in [2.45, 2.75) is 32.2 Å². The monoisotopic (exact) mass is 485 g/mol. The lowest BCUT2D eigenvalue weighted by Gasteiger charge is -2.32. The highest BCUT2D eigenvalue weighted by atomic mass is 79.9. The molecule has 2 aromatic rings.